The lowest BCUT2D eigenvalue weighted by atomic mass is 10.0. The van der Waals surface area contributed by atoms with E-state index in [1.807, 2.05) is 13.8 Å². The van der Waals surface area contributed by atoms with Crippen LogP contribution in [0.2, 0.25) is 0 Å². The second-order valence-corrected chi connectivity index (χ2v) is 7.48. The van der Waals surface area contributed by atoms with E-state index < -0.39 is 4.92 Å². The van der Waals surface area contributed by atoms with Crippen LogP contribution in [0.1, 0.15) is 31.2 Å². The number of hydrogen-bond donors (Lipinski definition) is 0. The molecule has 0 spiro atoms. The number of nitro groups is 1. The zero-order valence-electron chi connectivity index (χ0n) is 18.1. The van der Waals surface area contributed by atoms with E-state index in [9.17, 15) is 19.7 Å². The number of hydrazone groups is 1. The Balaban J connectivity index is 0.00000324. The maximum absolute atomic E-state index is 13.0. The van der Waals surface area contributed by atoms with E-state index in [-0.39, 0.29) is 19.0 Å². The number of nitrogens with zero attached hydrogens (tertiary/aromatic N) is 3. The first-order chi connectivity index (χ1) is 15.8. The van der Waals surface area contributed by atoms with Gasteiger partial charge in [-0.2, -0.15) is 10.1 Å². The Morgan fingerprint density at radius 1 is 1.06 bits per heavy atom. The fourth-order valence-electron chi connectivity index (χ4n) is 3.45. The first-order valence-electron chi connectivity index (χ1n) is 9.96. The molecule has 1 amide bonds. The molecule has 0 N–H and O–H groups in total. The highest BCUT2D eigenvalue weighted by Gasteiger charge is 2.29. The van der Waals surface area contributed by atoms with Gasteiger partial charge in [0.05, 0.1) is 27.5 Å². The molecule has 9 nitrogen and oxygen atoms in total. The molecule has 2 aromatic carbocycles. The minimum atomic E-state index is -0.441. The molecule has 1 aliphatic heterocycles. The van der Waals surface area contributed by atoms with Crippen LogP contribution < -0.4 is 9.75 Å². The van der Waals surface area contributed by atoms with Crippen molar-refractivity contribution >= 4 is 35.5 Å². The molecule has 0 radical (unpaired) electrons. The van der Waals surface area contributed by atoms with Crippen LogP contribution in [0.4, 0.5) is 11.4 Å². The fraction of sp³-hybridized carbons (Fsp3) is 0.160. The molecule has 0 bridgehead atoms. The SMILES string of the molecule is C.CC1=NN(c2ccc(OC=O)cc2)C(=O)/C1=C\c1ccc(-c2cc(C)c(C)cc2[N+](=O)[O-])o1. The van der Waals surface area contributed by atoms with Crippen LogP contribution in [-0.2, 0) is 9.59 Å². The van der Waals surface area contributed by atoms with Gasteiger partial charge in [0.2, 0.25) is 0 Å². The van der Waals surface area contributed by atoms with E-state index in [0.29, 0.717) is 46.3 Å². The number of carbonyl (C=O) groups is 2. The van der Waals surface area contributed by atoms with Crippen LogP contribution in [-0.4, -0.2) is 23.0 Å². The third kappa shape index (κ3) is 4.49. The van der Waals surface area contributed by atoms with Crippen molar-refractivity contribution in [1.29, 1.82) is 0 Å². The molecule has 34 heavy (non-hydrogen) atoms. The van der Waals surface area contributed by atoms with Gasteiger partial charge in [-0.3, -0.25) is 19.7 Å². The molecule has 9 heteroatoms. The molecular weight excluding hydrogens is 438 g/mol. The van der Waals surface area contributed by atoms with E-state index in [2.05, 4.69) is 5.10 Å². The molecule has 0 fully saturated rings. The summed E-state index contributed by atoms with van der Waals surface area (Å²) in [5.74, 6) is 0.693. The van der Waals surface area contributed by atoms with Crippen LogP contribution in [0.3, 0.4) is 0 Å². The van der Waals surface area contributed by atoms with Crippen molar-refractivity contribution in [2.45, 2.75) is 28.2 Å². The Labute approximate surface area is 196 Å². The van der Waals surface area contributed by atoms with Crippen molar-refractivity contribution in [2.24, 2.45) is 5.10 Å². The van der Waals surface area contributed by atoms with E-state index in [1.165, 1.54) is 11.1 Å². The first-order valence-corrected chi connectivity index (χ1v) is 9.96. The molecule has 4 rings (SSSR count). The molecule has 1 aromatic heterocycles. The molecule has 2 heterocycles. The lowest BCUT2D eigenvalue weighted by molar-refractivity contribution is -0.384. The zero-order chi connectivity index (χ0) is 23.7. The summed E-state index contributed by atoms with van der Waals surface area (Å²) >= 11 is 0. The van der Waals surface area contributed by atoms with Crippen LogP contribution in [0, 0.1) is 24.0 Å². The first kappa shape index (κ1) is 24.1. The summed E-state index contributed by atoms with van der Waals surface area (Å²) in [5.41, 5.74) is 3.37. The fourth-order valence-corrected chi connectivity index (χ4v) is 3.45. The van der Waals surface area contributed by atoms with Crippen LogP contribution in [0.25, 0.3) is 17.4 Å². The largest absolute Gasteiger partial charge is 0.456 e. The number of furan rings is 1. The number of hydrogen-bond acceptors (Lipinski definition) is 7. The number of nitro benzene ring substituents is 1. The smallest absolute Gasteiger partial charge is 0.298 e. The van der Waals surface area contributed by atoms with Crippen molar-refractivity contribution in [3.05, 3.63) is 81.1 Å². The van der Waals surface area contributed by atoms with Gasteiger partial charge >= 0.3 is 0 Å². The van der Waals surface area contributed by atoms with Crippen molar-refractivity contribution in [2.75, 3.05) is 5.01 Å². The third-order valence-electron chi connectivity index (χ3n) is 5.32. The average Bonchev–Trinajstić information content (AvgIpc) is 3.36. The lowest BCUT2D eigenvalue weighted by Crippen LogP contribution is -2.21. The van der Waals surface area contributed by atoms with Crippen molar-refractivity contribution < 1.29 is 23.7 Å². The number of rotatable bonds is 6. The molecule has 0 aliphatic carbocycles. The number of aryl methyl sites for hydroxylation is 2. The Morgan fingerprint density at radius 3 is 2.38 bits per heavy atom. The van der Waals surface area contributed by atoms with E-state index >= 15 is 0 Å². The predicted octanol–water partition coefficient (Wildman–Crippen LogP) is 5.45. The molecule has 0 saturated carbocycles. The highest BCUT2D eigenvalue weighted by Crippen LogP contribution is 2.34. The van der Waals surface area contributed by atoms with Gasteiger partial charge in [0.25, 0.3) is 18.1 Å². The summed E-state index contributed by atoms with van der Waals surface area (Å²) in [7, 11) is 0. The number of amides is 1. The highest BCUT2D eigenvalue weighted by molar-refractivity contribution is 6.32. The second-order valence-electron chi connectivity index (χ2n) is 7.48. The third-order valence-corrected chi connectivity index (χ3v) is 5.32. The number of anilines is 1. The summed E-state index contributed by atoms with van der Waals surface area (Å²) in [6.07, 6.45) is 1.56. The van der Waals surface area contributed by atoms with Crippen LogP contribution >= 0.6 is 0 Å². The number of benzene rings is 2. The molecule has 0 atom stereocenters. The topological polar surface area (TPSA) is 115 Å². The van der Waals surface area contributed by atoms with Crippen molar-refractivity contribution in [3.8, 4) is 17.1 Å². The van der Waals surface area contributed by atoms with E-state index in [1.54, 1.807) is 55.5 Å². The second kappa shape index (κ2) is 9.53. The quantitative estimate of drug-likeness (QED) is 0.209. The number of carbonyl (C=O) groups excluding carboxylic acids is 2. The summed E-state index contributed by atoms with van der Waals surface area (Å²) in [4.78, 5) is 34.5. The Bertz CT molecular complexity index is 1340. The molecule has 174 valence electrons. The Morgan fingerprint density at radius 2 is 1.74 bits per heavy atom. The number of ether oxygens (including phenoxy) is 1. The van der Waals surface area contributed by atoms with Gasteiger partial charge in [-0.25, -0.2) is 0 Å². The van der Waals surface area contributed by atoms with Gasteiger partial charge in [-0.05, 0) is 80.4 Å². The highest BCUT2D eigenvalue weighted by atomic mass is 16.6. The van der Waals surface area contributed by atoms with E-state index in [4.69, 9.17) is 9.15 Å². The summed E-state index contributed by atoms with van der Waals surface area (Å²) in [6.45, 7) is 5.71. The predicted molar refractivity (Wildman–Crippen MR) is 129 cm³/mol. The lowest BCUT2D eigenvalue weighted by Gasteiger charge is -2.11. The normalized spacial score (nSPS) is 14.1. The van der Waals surface area contributed by atoms with Crippen LogP contribution in [0.5, 0.6) is 5.75 Å². The van der Waals surface area contributed by atoms with Gasteiger partial charge in [0, 0.05) is 6.07 Å². The van der Waals surface area contributed by atoms with E-state index in [0.717, 1.165) is 11.1 Å². The minimum Gasteiger partial charge on any atom is -0.456 e. The molecule has 1 aliphatic rings. The summed E-state index contributed by atoms with van der Waals surface area (Å²) in [6, 6.07) is 12.9. The van der Waals surface area contributed by atoms with Crippen molar-refractivity contribution in [3.63, 3.8) is 0 Å². The van der Waals surface area contributed by atoms with Crippen LogP contribution in [0.15, 0.2) is 63.6 Å². The molecule has 3 aromatic rings. The van der Waals surface area contributed by atoms with Gasteiger partial charge in [0.1, 0.15) is 17.3 Å². The Hall–Kier alpha value is -4.53. The maximum atomic E-state index is 13.0. The van der Waals surface area contributed by atoms with Gasteiger partial charge in [-0.15, -0.1) is 0 Å². The zero-order valence-corrected chi connectivity index (χ0v) is 18.1. The van der Waals surface area contributed by atoms with Gasteiger partial charge < -0.3 is 9.15 Å². The Kier molecular flexibility index (Phi) is 6.76. The molecule has 0 unspecified atom stereocenters. The minimum absolute atomic E-state index is 0. The van der Waals surface area contributed by atoms with Gasteiger partial charge in [-0.1, -0.05) is 7.43 Å². The van der Waals surface area contributed by atoms with Crippen molar-refractivity contribution in [1.82, 2.24) is 0 Å². The average molecular weight is 461 g/mol. The molecular formula is C25H23N3O6. The molecule has 0 saturated heterocycles. The van der Waals surface area contributed by atoms with Gasteiger partial charge in [0.15, 0.2) is 0 Å². The monoisotopic (exact) mass is 461 g/mol. The maximum Gasteiger partial charge on any atom is 0.298 e. The summed E-state index contributed by atoms with van der Waals surface area (Å²) in [5, 5.41) is 17.1. The standard InChI is InChI=1S/C24H19N3O6.CH4/c1-14-10-21(22(27(30)31)11-15(14)2)23-9-8-19(33-23)12-20-16(3)25-26(24(20)29)17-4-6-18(7-5-17)32-13-28;/h4-13H,1-3H3;1H4/b20-12-;. The summed E-state index contributed by atoms with van der Waals surface area (Å²) < 4.78 is 10.6.